The minimum absolute atomic E-state index is 0.0147. The summed E-state index contributed by atoms with van der Waals surface area (Å²) in [4.78, 5) is 22.5. The Morgan fingerprint density at radius 2 is 2.14 bits per heavy atom. The number of aryl methyl sites for hydroxylation is 1. The molecule has 1 saturated heterocycles. The zero-order valence-electron chi connectivity index (χ0n) is 12.6. The molecule has 1 aromatic carbocycles. The van der Waals surface area contributed by atoms with Gasteiger partial charge in [0, 0.05) is 36.5 Å². The zero-order valence-corrected chi connectivity index (χ0v) is 13.4. The van der Waals surface area contributed by atoms with E-state index in [9.17, 15) is 4.79 Å². The van der Waals surface area contributed by atoms with Crippen molar-refractivity contribution in [2.75, 3.05) is 18.8 Å². The first-order valence-corrected chi connectivity index (χ1v) is 8.53. The molecule has 0 N–H and O–H groups in total. The molecule has 1 aliphatic heterocycles. The van der Waals surface area contributed by atoms with Gasteiger partial charge in [-0.2, -0.15) is 11.8 Å². The van der Waals surface area contributed by atoms with E-state index >= 15 is 0 Å². The van der Waals surface area contributed by atoms with Gasteiger partial charge in [-0.1, -0.05) is 24.3 Å². The maximum atomic E-state index is 12.5. The lowest BCUT2D eigenvalue weighted by Crippen LogP contribution is -2.33. The van der Waals surface area contributed by atoms with Gasteiger partial charge in [0.25, 0.3) is 5.91 Å². The summed E-state index contributed by atoms with van der Waals surface area (Å²) in [6.07, 6.45) is 5.67. The molecule has 5 heteroatoms. The van der Waals surface area contributed by atoms with E-state index in [1.807, 2.05) is 16.7 Å². The average molecular weight is 313 g/mol. The second-order valence-corrected chi connectivity index (χ2v) is 6.70. The van der Waals surface area contributed by atoms with Crippen LogP contribution in [-0.4, -0.2) is 39.6 Å². The van der Waals surface area contributed by atoms with Gasteiger partial charge in [0.2, 0.25) is 0 Å². The Labute approximate surface area is 135 Å². The van der Waals surface area contributed by atoms with Gasteiger partial charge in [0.1, 0.15) is 5.69 Å². The Bertz CT molecular complexity index is 647. The molecule has 1 fully saturated rings. The molecule has 4 nitrogen and oxygen atoms in total. The number of aromatic nitrogens is 2. The molecule has 1 aromatic heterocycles. The molecule has 1 unspecified atom stereocenters. The van der Waals surface area contributed by atoms with E-state index in [1.54, 1.807) is 18.6 Å². The van der Waals surface area contributed by atoms with Crippen LogP contribution in [0, 0.1) is 6.92 Å². The molecule has 0 aliphatic carbocycles. The van der Waals surface area contributed by atoms with E-state index in [2.05, 4.69) is 41.2 Å². The van der Waals surface area contributed by atoms with Crippen LogP contribution in [0.4, 0.5) is 0 Å². The average Bonchev–Trinajstić information content (AvgIpc) is 2.81. The summed E-state index contributed by atoms with van der Waals surface area (Å²) in [5.41, 5.74) is 3.15. The fraction of sp³-hybridized carbons (Fsp3) is 0.353. The maximum absolute atomic E-state index is 12.5. The summed E-state index contributed by atoms with van der Waals surface area (Å²) in [7, 11) is 0. The molecule has 3 rings (SSSR count). The molecule has 1 amide bonds. The third kappa shape index (κ3) is 3.30. The van der Waals surface area contributed by atoms with Gasteiger partial charge >= 0.3 is 0 Å². The van der Waals surface area contributed by atoms with Gasteiger partial charge in [-0.05, 0) is 24.5 Å². The van der Waals surface area contributed by atoms with Crippen molar-refractivity contribution in [3.05, 3.63) is 59.7 Å². The third-order valence-corrected chi connectivity index (χ3v) is 5.26. The number of hydrogen-bond donors (Lipinski definition) is 0. The summed E-state index contributed by atoms with van der Waals surface area (Å²) in [6, 6.07) is 8.52. The van der Waals surface area contributed by atoms with Crippen molar-refractivity contribution in [1.29, 1.82) is 0 Å². The summed E-state index contributed by atoms with van der Waals surface area (Å²) in [6.45, 7) is 3.69. The van der Waals surface area contributed by atoms with Gasteiger partial charge in [-0.3, -0.25) is 9.78 Å². The minimum atomic E-state index is -0.0147. The monoisotopic (exact) mass is 313 g/mol. The van der Waals surface area contributed by atoms with Crippen LogP contribution in [0.15, 0.2) is 42.9 Å². The van der Waals surface area contributed by atoms with Gasteiger partial charge in [0.05, 0.1) is 6.20 Å². The second-order valence-electron chi connectivity index (χ2n) is 5.39. The van der Waals surface area contributed by atoms with E-state index in [4.69, 9.17) is 0 Å². The molecule has 0 saturated carbocycles. The second kappa shape index (κ2) is 6.92. The third-order valence-electron chi connectivity index (χ3n) is 3.95. The van der Waals surface area contributed by atoms with Crippen LogP contribution in [-0.2, 0) is 0 Å². The van der Waals surface area contributed by atoms with Crippen LogP contribution in [0.5, 0.6) is 0 Å². The maximum Gasteiger partial charge on any atom is 0.274 e. The molecule has 0 spiro atoms. The molecule has 0 radical (unpaired) electrons. The highest BCUT2D eigenvalue weighted by atomic mass is 32.2. The lowest BCUT2D eigenvalue weighted by atomic mass is 10.0. The Morgan fingerprint density at radius 1 is 1.27 bits per heavy atom. The van der Waals surface area contributed by atoms with Crippen molar-refractivity contribution in [1.82, 2.24) is 14.9 Å². The predicted molar refractivity (Wildman–Crippen MR) is 88.9 cm³/mol. The summed E-state index contributed by atoms with van der Waals surface area (Å²) >= 11 is 1.94. The first-order chi connectivity index (χ1) is 10.8. The Hall–Kier alpha value is -1.88. The molecule has 0 bridgehead atoms. The normalized spacial score (nSPS) is 18.8. The van der Waals surface area contributed by atoms with Gasteiger partial charge in [-0.15, -0.1) is 0 Å². The lowest BCUT2D eigenvalue weighted by molar-refractivity contribution is 0.0760. The van der Waals surface area contributed by atoms with E-state index < -0.39 is 0 Å². The number of amides is 1. The van der Waals surface area contributed by atoms with Crippen LogP contribution in [0.25, 0.3) is 0 Å². The number of benzene rings is 1. The lowest BCUT2D eigenvalue weighted by Gasteiger charge is -2.20. The SMILES string of the molecule is Cc1ccccc1C1CCN(C(=O)c2cnccn2)CCS1. The Morgan fingerprint density at radius 3 is 2.91 bits per heavy atom. The van der Waals surface area contributed by atoms with Gasteiger partial charge < -0.3 is 4.90 Å². The van der Waals surface area contributed by atoms with Crippen molar-refractivity contribution in [2.45, 2.75) is 18.6 Å². The fourth-order valence-electron chi connectivity index (χ4n) is 2.74. The summed E-state index contributed by atoms with van der Waals surface area (Å²) < 4.78 is 0. The van der Waals surface area contributed by atoms with Crippen LogP contribution in [0.3, 0.4) is 0 Å². The molecule has 114 valence electrons. The highest BCUT2D eigenvalue weighted by Gasteiger charge is 2.24. The summed E-state index contributed by atoms with van der Waals surface area (Å²) in [5.74, 6) is 0.935. The molecule has 1 atom stereocenters. The molecule has 1 aliphatic rings. The van der Waals surface area contributed by atoms with Crippen LogP contribution in [0.2, 0.25) is 0 Å². The largest absolute Gasteiger partial charge is 0.336 e. The minimum Gasteiger partial charge on any atom is -0.336 e. The Kier molecular flexibility index (Phi) is 4.73. The number of thioether (sulfide) groups is 1. The van der Waals surface area contributed by atoms with E-state index in [-0.39, 0.29) is 5.91 Å². The molecule has 2 heterocycles. The van der Waals surface area contributed by atoms with E-state index in [1.165, 1.54) is 11.1 Å². The van der Waals surface area contributed by atoms with Crippen LogP contribution in [0.1, 0.15) is 33.3 Å². The number of nitrogens with zero attached hydrogens (tertiary/aromatic N) is 3. The van der Waals surface area contributed by atoms with Crippen molar-refractivity contribution in [3.8, 4) is 0 Å². The molecule has 22 heavy (non-hydrogen) atoms. The molecular weight excluding hydrogens is 294 g/mol. The van der Waals surface area contributed by atoms with Crippen molar-refractivity contribution in [2.24, 2.45) is 0 Å². The van der Waals surface area contributed by atoms with Crippen LogP contribution >= 0.6 is 11.8 Å². The predicted octanol–water partition coefficient (Wildman–Crippen LogP) is 3.11. The van der Waals surface area contributed by atoms with Gasteiger partial charge in [0.15, 0.2) is 0 Å². The van der Waals surface area contributed by atoms with E-state index in [0.29, 0.717) is 10.9 Å². The van der Waals surface area contributed by atoms with Gasteiger partial charge in [-0.25, -0.2) is 4.98 Å². The highest BCUT2D eigenvalue weighted by Crippen LogP contribution is 2.36. The standard InChI is InChI=1S/C17H19N3OS/c1-13-4-2-3-5-14(13)16-6-9-20(10-11-22-16)17(21)15-12-18-7-8-19-15/h2-5,7-8,12,16H,6,9-11H2,1H3. The molecular formula is C17H19N3OS. The van der Waals surface area contributed by atoms with Crippen molar-refractivity contribution >= 4 is 17.7 Å². The molecule has 2 aromatic rings. The van der Waals surface area contributed by atoms with Crippen molar-refractivity contribution < 1.29 is 4.79 Å². The number of carbonyl (C=O) groups is 1. The van der Waals surface area contributed by atoms with Crippen molar-refractivity contribution in [3.63, 3.8) is 0 Å². The van der Waals surface area contributed by atoms with E-state index in [0.717, 1.165) is 25.3 Å². The smallest absolute Gasteiger partial charge is 0.274 e. The topological polar surface area (TPSA) is 46.1 Å². The van der Waals surface area contributed by atoms with Crippen LogP contribution < -0.4 is 0 Å². The Balaban J connectivity index is 1.70. The highest BCUT2D eigenvalue weighted by molar-refractivity contribution is 7.99. The quantitative estimate of drug-likeness (QED) is 0.854. The number of rotatable bonds is 2. The first-order valence-electron chi connectivity index (χ1n) is 7.48. The number of carbonyl (C=O) groups excluding carboxylic acids is 1. The zero-order chi connectivity index (χ0) is 15.4. The first kappa shape index (κ1) is 15.0. The summed E-state index contributed by atoms with van der Waals surface area (Å²) in [5, 5.41) is 0.459. The fourth-order valence-corrected chi connectivity index (χ4v) is 4.07. The number of hydrogen-bond acceptors (Lipinski definition) is 4.